The summed E-state index contributed by atoms with van der Waals surface area (Å²) in [5.74, 6) is 1.46. The average Bonchev–Trinajstić information content (AvgIpc) is 3.22. The Bertz CT molecular complexity index is 869. The Kier molecular flexibility index (Phi) is 4.16. The minimum Gasteiger partial charge on any atom is -0.490 e. The number of aromatic amines is 1. The zero-order chi connectivity index (χ0) is 16.5. The summed E-state index contributed by atoms with van der Waals surface area (Å²) >= 11 is 12.2. The normalized spacial score (nSPS) is 17.6. The second-order valence-electron chi connectivity index (χ2n) is 5.65. The first-order valence-electron chi connectivity index (χ1n) is 7.73. The van der Waals surface area contributed by atoms with Crippen LogP contribution in [-0.4, -0.2) is 39.1 Å². The van der Waals surface area contributed by atoms with Gasteiger partial charge in [0.2, 0.25) is 5.28 Å². The molecule has 0 radical (unpaired) electrons. The fraction of sp³-hybridized carbons (Fsp3) is 0.312. The minimum atomic E-state index is 0.193. The molecule has 0 saturated carbocycles. The highest BCUT2D eigenvalue weighted by atomic mass is 35.5. The van der Waals surface area contributed by atoms with Crippen LogP contribution in [0.1, 0.15) is 12.8 Å². The number of ether oxygens (including phenoxy) is 1. The Morgan fingerprint density at radius 1 is 1.25 bits per heavy atom. The van der Waals surface area contributed by atoms with Gasteiger partial charge in [0.05, 0.1) is 17.4 Å². The number of anilines is 1. The van der Waals surface area contributed by atoms with Gasteiger partial charge in [-0.3, -0.25) is 0 Å². The predicted octanol–water partition coefficient (Wildman–Crippen LogP) is 3.71. The Labute approximate surface area is 148 Å². The molecule has 1 N–H and O–H groups in total. The largest absolute Gasteiger partial charge is 0.490 e. The third kappa shape index (κ3) is 2.87. The van der Waals surface area contributed by atoms with Gasteiger partial charge in [0.1, 0.15) is 17.9 Å². The molecule has 1 atom stereocenters. The van der Waals surface area contributed by atoms with Gasteiger partial charge in [0.15, 0.2) is 11.5 Å². The summed E-state index contributed by atoms with van der Waals surface area (Å²) in [7, 11) is 0. The molecule has 1 fully saturated rings. The number of imidazole rings is 1. The van der Waals surface area contributed by atoms with Gasteiger partial charge < -0.3 is 14.6 Å². The molecule has 0 bridgehead atoms. The summed E-state index contributed by atoms with van der Waals surface area (Å²) in [5, 5.41) is 0.811. The van der Waals surface area contributed by atoms with Crippen molar-refractivity contribution in [1.82, 2.24) is 19.9 Å². The van der Waals surface area contributed by atoms with E-state index in [9.17, 15) is 0 Å². The molecule has 1 aliphatic rings. The van der Waals surface area contributed by atoms with E-state index in [-0.39, 0.29) is 11.3 Å². The van der Waals surface area contributed by atoms with Crippen molar-refractivity contribution in [3.63, 3.8) is 0 Å². The molecule has 0 aliphatic carbocycles. The lowest BCUT2D eigenvalue weighted by Crippen LogP contribution is -2.35. The van der Waals surface area contributed by atoms with Crippen LogP contribution in [0.4, 0.5) is 5.82 Å². The van der Waals surface area contributed by atoms with Crippen molar-refractivity contribution in [3.05, 3.63) is 40.9 Å². The van der Waals surface area contributed by atoms with E-state index >= 15 is 0 Å². The summed E-state index contributed by atoms with van der Waals surface area (Å²) in [4.78, 5) is 18.0. The molecule has 0 amide bonds. The van der Waals surface area contributed by atoms with Crippen molar-refractivity contribution < 1.29 is 4.74 Å². The number of halogens is 2. The minimum absolute atomic E-state index is 0.193. The maximum Gasteiger partial charge on any atom is 0.226 e. The number of nitrogens with zero attached hydrogens (tertiary/aromatic N) is 4. The van der Waals surface area contributed by atoms with E-state index in [0.29, 0.717) is 23.0 Å². The zero-order valence-corrected chi connectivity index (χ0v) is 14.3. The van der Waals surface area contributed by atoms with Crippen LogP contribution in [0.25, 0.3) is 11.2 Å². The van der Waals surface area contributed by atoms with Crippen LogP contribution in [0.5, 0.6) is 5.75 Å². The van der Waals surface area contributed by atoms with Gasteiger partial charge in [0.25, 0.3) is 0 Å². The van der Waals surface area contributed by atoms with Gasteiger partial charge in [-0.05, 0) is 36.6 Å². The molecule has 0 unspecified atom stereocenters. The molecule has 3 aromatic rings. The van der Waals surface area contributed by atoms with Gasteiger partial charge >= 0.3 is 0 Å². The Morgan fingerprint density at radius 3 is 3.00 bits per heavy atom. The van der Waals surface area contributed by atoms with E-state index in [1.165, 1.54) is 0 Å². The van der Waals surface area contributed by atoms with Crippen LogP contribution in [0.3, 0.4) is 0 Å². The van der Waals surface area contributed by atoms with Crippen molar-refractivity contribution in [3.8, 4) is 5.75 Å². The van der Waals surface area contributed by atoms with Gasteiger partial charge in [-0.15, -0.1) is 0 Å². The molecule has 0 spiro atoms. The monoisotopic (exact) mass is 363 g/mol. The Hall–Kier alpha value is -2.05. The Morgan fingerprint density at radius 2 is 2.12 bits per heavy atom. The Balaban J connectivity index is 1.58. The average molecular weight is 364 g/mol. The summed E-state index contributed by atoms with van der Waals surface area (Å²) < 4.78 is 5.92. The molecule has 2 aromatic heterocycles. The predicted molar refractivity (Wildman–Crippen MR) is 94.0 cm³/mol. The first kappa shape index (κ1) is 15.5. The standard InChI is InChI=1S/C16H15Cl2N5O/c17-11-5-1-2-6-12(11)24-8-10-4-3-7-23(10)15-13-14(20-9-19-13)21-16(18)22-15/h1-2,5-6,9-10H,3-4,7-8H2,(H,19,20,21,22)/t10-/m1/s1. The van der Waals surface area contributed by atoms with E-state index in [1.807, 2.05) is 24.3 Å². The molecule has 24 heavy (non-hydrogen) atoms. The lowest BCUT2D eigenvalue weighted by molar-refractivity contribution is 0.288. The lowest BCUT2D eigenvalue weighted by atomic mass is 10.2. The summed E-state index contributed by atoms with van der Waals surface area (Å²) in [6, 6.07) is 7.68. The number of nitrogens with one attached hydrogen (secondary N) is 1. The molecule has 1 saturated heterocycles. The molecular formula is C16H15Cl2N5O. The molecule has 3 heterocycles. The van der Waals surface area contributed by atoms with E-state index in [2.05, 4.69) is 24.8 Å². The molecule has 124 valence electrons. The fourth-order valence-electron chi connectivity index (χ4n) is 3.04. The number of rotatable bonds is 4. The second kappa shape index (κ2) is 6.45. The zero-order valence-electron chi connectivity index (χ0n) is 12.7. The number of H-pyrrole nitrogens is 1. The summed E-state index contributed by atoms with van der Waals surface area (Å²) in [6.45, 7) is 1.42. The number of hydrogen-bond acceptors (Lipinski definition) is 5. The third-order valence-electron chi connectivity index (χ3n) is 4.16. The van der Waals surface area contributed by atoms with Gasteiger partial charge in [-0.25, -0.2) is 4.98 Å². The van der Waals surface area contributed by atoms with Gasteiger partial charge in [0, 0.05) is 6.54 Å². The number of aromatic nitrogens is 4. The van der Waals surface area contributed by atoms with Crippen molar-refractivity contribution in [2.45, 2.75) is 18.9 Å². The summed E-state index contributed by atoms with van der Waals surface area (Å²) in [6.07, 6.45) is 3.68. The van der Waals surface area contributed by atoms with Crippen LogP contribution in [-0.2, 0) is 0 Å². The van der Waals surface area contributed by atoms with Crippen LogP contribution >= 0.6 is 23.2 Å². The third-order valence-corrected chi connectivity index (χ3v) is 4.64. The van der Waals surface area contributed by atoms with Crippen molar-refractivity contribution in [2.24, 2.45) is 0 Å². The molecule has 4 rings (SSSR count). The second-order valence-corrected chi connectivity index (χ2v) is 6.39. The van der Waals surface area contributed by atoms with E-state index in [1.54, 1.807) is 6.33 Å². The van der Waals surface area contributed by atoms with Crippen LogP contribution in [0, 0.1) is 0 Å². The number of hydrogen-bond donors (Lipinski definition) is 1. The topological polar surface area (TPSA) is 66.9 Å². The highest BCUT2D eigenvalue weighted by Gasteiger charge is 2.29. The quantitative estimate of drug-likeness (QED) is 0.715. The van der Waals surface area contributed by atoms with Crippen molar-refractivity contribution in [1.29, 1.82) is 0 Å². The maximum absolute atomic E-state index is 6.16. The van der Waals surface area contributed by atoms with E-state index < -0.39 is 0 Å². The number of para-hydroxylation sites is 1. The maximum atomic E-state index is 6.16. The highest BCUT2D eigenvalue weighted by molar-refractivity contribution is 6.32. The smallest absolute Gasteiger partial charge is 0.226 e. The van der Waals surface area contributed by atoms with E-state index in [0.717, 1.165) is 30.7 Å². The molecular weight excluding hydrogens is 349 g/mol. The van der Waals surface area contributed by atoms with Gasteiger partial charge in [-0.1, -0.05) is 23.7 Å². The molecule has 8 heteroatoms. The SMILES string of the molecule is Clc1nc(N2CCC[C@@H]2COc2ccccc2Cl)c2[nH]cnc2n1. The molecule has 1 aliphatic heterocycles. The number of benzene rings is 1. The number of fused-ring (bicyclic) bond motifs is 1. The van der Waals surface area contributed by atoms with Crippen molar-refractivity contribution >= 4 is 40.2 Å². The fourth-order valence-corrected chi connectivity index (χ4v) is 3.39. The first-order valence-corrected chi connectivity index (χ1v) is 8.48. The van der Waals surface area contributed by atoms with Crippen molar-refractivity contribution in [2.75, 3.05) is 18.1 Å². The van der Waals surface area contributed by atoms with Gasteiger partial charge in [-0.2, -0.15) is 9.97 Å². The van der Waals surface area contributed by atoms with E-state index in [4.69, 9.17) is 27.9 Å². The van der Waals surface area contributed by atoms with Crippen LogP contribution in [0.2, 0.25) is 10.3 Å². The molecule has 1 aromatic carbocycles. The van der Waals surface area contributed by atoms with Crippen LogP contribution < -0.4 is 9.64 Å². The first-order chi connectivity index (χ1) is 11.7. The van der Waals surface area contributed by atoms with Crippen LogP contribution in [0.15, 0.2) is 30.6 Å². The summed E-state index contributed by atoms with van der Waals surface area (Å²) in [5.41, 5.74) is 1.37. The highest BCUT2D eigenvalue weighted by Crippen LogP contribution is 2.30. The lowest BCUT2D eigenvalue weighted by Gasteiger charge is -2.26. The molecule has 6 nitrogen and oxygen atoms in total.